The molecule has 1 saturated heterocycles. The summed E-state index contributed by atoms with van der Waals surface area (Å²) in [5.74, 6) is 0.463. The Morgan fingerprint density at radius 3 is 2.59 bits per heavy atom. The number of nitrogens with zero attached hydrogens (tertiary/aromatic N) is 2. The number of ether oxygens (including phenoxy) is 1. The van der Waals surface area contributed by atoms with Gasteiger partial charge in [-0.1, -0.05) is 29.8 Å². The van der Waals surface area contributed by atoms with E-state index in [9.17, 15) is 14.7 Å². The highest BCUT2D eigenvalue weighted by atomic mass is 16.5. The third-order valence-electron chi connectivity index (χ3n) is 5.75. The van der Waals surface area contributed by atoms with Gasteiger partial charge in [-0.3, -0.25) is 9.59 Å². The second kappa shape index (κ2) is 7.78. The van der Waals surface area contributed by atoms with Crippen LogP contribution in [0.15, 0.2) is 36.4 Å². The van der Waals surface area contributed by atoms with Gasteiger partial charge in [-0.25, -0.2) is 0 Å². The van der Waals surface area contributed by atoms with E-state index in [0.717, 1.165) is 23.1 Å². The summed E-state index contributed by atoms with van der Waals surface area (Å²) in [5.41, 5.74) is 3.80. The van der Waals surface area contributed by atoms with Gasteiger partial charge in [-0.05, 0) is 43.5 Å². The second-order valence-corrected chi connectivity index (χ2v) is 7.82. The Balaban J connectivity index is 1.61. The van der Waals surface area contributed by atoms with Gasteiger partial charge in [-0.2, -0.15) is 0 Å². The fourth-order valence-corrected chi connectivity index (χ4v) is 4.08. The molecule has 1 fully saturated rings. The lowest BCUT2D eigenvalue weighted by Gasteiger charge is -2.29. The van der Waals surface area contributed by atoms with Crippen molar-refractivity contribution in [2.75, 3.05) is 19.7 Å². The van der Waals surface area contributed by atoms with Crippen LogP contribution >= 0.6 is 0 Å². The van der Waals surface area contributed by atoms with Crippen molar-refractivity contribution in [2.45, 2.75) is 39.3 Å². The van der Waals surface area contributed by atoms with Crippen molar-refractivity contribution in [3.8, 4) is 22.6 Å². The van der Waals surface area contributed by atoms with Crippen molar-refractivity contribution in [1.29, 1.82) is 0 Å². The number of carbonyl (C=O) groups excluding carboxylic acids is 2. The smallest absolute Gasteiger partial charge is 0.245 e. The number of likely N-dealkylation sites (tertiary alicyclic amines) is 1. The van der Waals surface area contributed by atoms with Crippen molar-refractivity contribution in [2.24, 2.45) is 0 Å². The highest BCUT2D eigenvalue weighted by molar-refractivity contribution is 5.88. The molecule has 0 bridgehead atoms. The number of aryl methyl sites for hydroxylation is 1. The molecule has 29 heavy (non-hydrogen) atoms. The molecule has 2 aromatic carbocycles. The average Bonchev–Trinajstić information content (AvgIpc) is 3.01. The topological polar surface area (TPSA) is 70.1 Å². The van der Waals surface area contributed by atoms with Crippen LogP contribution in [0.1, 0.15) is 30.9 Å². The molecule has 1 atom stereocenters. The first-order valence-corrected chi connectivity index (χ1v) is 10.1. The summed E-state index contributed by atoms with van der Waals surface area (Å²) < 4.78 is 5.77. The number of aromatic hydroxyl groups is 1. The third-order valence-corrected chi connectivity index (χ3v) is 5.75. The monoisotopic (exact) mass is 394 g/mol. The molecule has 6 heteroatoms. The Hall–Kier alpha value is -3.02. The minimum absolute atomic E-state index is 0.0385. The molecule has 152 valence electrons. The fraction of sp³-hybridized carbons (Fsp3) is 0.391. The van der Waals surface area contributed by atoms with Gasteiger partial charge in [0, 0.05) is 25.1 Å². The van der Waals surface area contributed by atoms with Gasteiger partial charge >= 0.3 is 0 Å². The summed E-state index contributed by atoms with van der Waals surface area (Å²) in [6.07, 6.45) is 1.31. The predicted molar refractivity (Wildman–Crippen MR) is 110 cm³/mol. The summed E-state index contributed by atoms with van der Waals surface area (Å²) >= 11 is 0. The maximum atomic E-state index is 13.1. The number of amides is 2. The highest BCUT2D eigenvalue weighted by Crippen LogP contribution is 2.37. The molecule has 0 aromatic heterocycles. The molecule has 2 aliphatic rings. The zero-order valence-corrected chi connectivity index (χ0v) is 16.9. The van der Waals surface area contributed by atoms with Crippen LogP contribution in [0.5, 0.6) is 11.5 Å². The normalized spacial score (nSPS) is 17.5. The van der Waals surface area contributed by atoms with E-state index in [4.69, 9.17) is 4.74 Å². The second-order valence-electron chi connectivity index (χ2n) is 7.82. The van der Waals surface area contributed by atoms with Crippen LogP contribution in [-0.4, -0.2) is 52.5 Å². The molecule has 0 saturated carbocycles. The first-order chi connectivity index (χ1) is 13.9. The molecular formula is C23H26N2O4. The summed E-state index contributed by atoms with van der Waals surface area (Å²) in [7, 11) is 0. The van der Waals surface area contributed by atoms with Crippen LogP contribution in [0, 0.1) is 6.92 Å². The Bertz CT molecular complexity index is 939. The van der Waals surface area contributed by atoms with Gasteiger partial charge in [0.2, 0.25) is 11.8 Å². The van der Waals surface area contributed by atoms with Crippen LogP contribution in [0.4, 0.5) is 0 Å². The molecule has 0 spiro atoms. The SMILES string of the molecule is Cc1ccc(-c2cc(O)c3c(c2)CN(C(=O)C(C)N2CCCC2=O)CCO3)cc1. The quantitative estimate of drug-likeness (QED) is 0.869. The largest absolute Gasteiger partial charge is 0.504 e. The zero-order valence-electron chi connectivity index (χ0n) is 16.9. The Morgan fingerprint density at radius 1 is 1.14 bits per heavy atom. The molecule has 1 unspecified atom stereocenters. The molecule has 2 heterocycles. The van der Waals surface area contributed by atoms with Gasteiger partial charge in [0.15, 0.2) is 11.5 Å². The minimum atomic E-state index is -0.486. The Morgan fingerprint density at radius 2 is 1.90 bits per heavy atom. The van der Waals surface area contributed by atoms with Crippen molar-refractivity contribution in [3.63, 3.8) is 0 Å². The fourth-order valence-electron chi connectivity index (χ4n) is 4.08. The van der Waals surface area contributed by atoms with E-state index in [1.807, 2.05) is 37.3 Å². The standard InChI is InChI=1S/C23H26N2O4/c1-15-5-7-17(8-6-15)18-12-19-14-24(10-11-29-22(19)20(26)13-18)23(28)16(2)25-9-3-4-21(25)27/h5-8,12-13,16,26H,3-4,9-11,14H2,1-2H3. The van der Waals surface area contributed by atoms with E-state index in [0.29, 0.717) is 38.4 Å². The highest BCUT2D eigenvalue weighted by Gasteiger charge is 2.33. The molecule has 0 aliphatic carbocycles. The Kier molecular flexibility index (Phi) is 5.18. The van der Waals surface area contributed by atoms with Crippen molar-refractivity contribution >= 4 is 11.8 Å². The number of carbonyl (C=O) groups is 2. The van der Waals surface area contributed by atoms with E-state index in [1.165, 1.54) is 5.56 Å². The van der Waals surface area contributed by atoms with Gasteiger partial charge in [0.1, 0.15) is 12.6 Å². The Labute approximate surface area is 170 Å². The molecular weight excluding hydrogens is 368 g/mol. The summed E-state index contributed by atoms with van der Waals surface area (Å²) in [6.45, 7) is 5.51. The summed E-state index contributed by atoms with van der Waals surface area (Å²) in [6, 6.07) is 11.3. The molecule has 0 radical (unpaired) electrons. The zero-order chi connectivity index (χ0) is 20.5. The van der Waals surface area contributed by atoms with Gasteiger partial charge in [-0.15, -0.1) is 0 Å². The van der Waals surface area contributed by atoms with Crippen LogP contribution in [-0.2, 0) is 16.1 Å². The van der Waals surface area contributed by atoms with E-state index >= 15 is 0 Å². The summed E-state index contributed by atoms with van der Waals surface area (Å²) in [5, 5.41) is 10.5. The first-order valence-electron chi connectivity index (χ1n) is 10.1. The predicted octanol–water partition coefficient (Wildman–Crippen LogP) is 3.10. The van der Waals surface area contributed by atoms with E-state index in [2.05, 4.69) is 0 Å². The van der Waals surface area contributed by atoms with Gasteiger partial charge < -0.3 is 19.6 Å². The van der Waals surface area contributed by atoms with E-state index in [1.54, 1.807) is 22.8 Å². The minimum Gasteiger partial charge on any atom is -0.504 e. The van der Waals surface area contributed by atoms with Crippen LogP contribution in [0.3, 0.4) is 0 Å². The average molecular weight is 394 g/mol. The summed E-state index contributed by atoms with van der Waals surface area (Å²) in [4.78, 5) is 28.5. The van der Waals surface area contributed by atoms with Crippen LogP contribution < -0.4 is 4.74 Å². The number of rotatable bonds is 3. The number of hydrogen-bond acceptors (Lipinski definition) is 4. The molecule has 6 nitrogen and oxygen atoms in total. The van der Waals surface area contributed by atoms with Crippen LogP contribution in [0.2, 0.25) is 0 Å². The van der Waals surface area contributed by atoms with Crippen molar-refractivity contribution < 1.29 is 19.4 Å². The molecule has 4 rings (SSSR count). The maximum Gasteiger partial charge on any atom is 0.245 e. The lowest BCUT2D eigenvalue weighted by Crippen LogP contribution is -2.47. The molecule has 2 amide bonds. The first kappa shape index (κ1) is 19.3. The maximum absolute atomic E-state index is 13.1. The van der Waals surface area contributed by atoms with Crippen molar-refractivity contribution in [1.82, 2.24) is 9.80 Å². The van der Waals surface area contributed by atoms with Gasteiger partial charge in [0.25, 0.3) is 0 Å². The third kappa shape index (κ3) is 3.79. The van der Waals surface area contributed by atoms with Crippen LogP contribution in [0.25, 0.3) is 11.1 Å². The lowest BCUT2D eigenvalue weighted by atomic mass is 10.0. The van der Waals surface area contributed by atoms with Gasteiger partial charge in [0.05, 0.1) is 6.54 Å². The number of phenolic OH excluding ortho intramolecular Hbond substituents is 1. The molecule has 1 N–H and O–H groups in total. The van der Waals surface area contributed by atoms with E-state index < -0.39 is 6.04 Å². The number of hydrogen-bond donors (Lipinski definition) is 1. The number of fused-ring (bicyclic) bond motifs is 1. The molecule has 2 aromatic rings. The lowest BCUT2D eigenvalue weighted by molar-refractivity contribution is -0.143. The van der Waals surface area contributed by atoms with Crippen molar-refractivity contribution in [3.05, 3.63) is 47.5 Å². The number of phenols is 1. The molecule has 2 aliphatic heterocycles. The van der Waals surface area contributed by atoms with E-state index in [-0.39, 0.29) is 17.6 Å². The number of benzene rings is 2.